The van der Waals surface area contributed by atoms with Crippen molar-refractivity contribution < 1.29 is 13.2 Å². The van der Waals surface area contributed by atoms with E-state index >= 15 is 0 Å². The van der Waals surface area contributed by atoms with Crippen molar-refractivity contribution in [2.75, 3.05) is 4.72 Å². The third kappa shape index (κ3) is 3.77. The van der Waals surface area contributed by atoms with E-state index in [0.29, 0.717) is 22.3 Å². The lowest BCUT2D eigenvalue weighted by Gasteiger charge is -2.10. The van der Waals surface area contributed by atoms with Gasteiger partial charge in [0.1, 0.15) is 0 Å². The maximum atomic E-state index is 12.5. The first-order chi connectivity index (χ1) is 12.2. The summed E-state index contributed by atoms with van der Waals surface area (Å²) in [6.07, 6.45) is 0. The number of aromatic nitrogens is 2. The van der Waals surface area contributed by atoms with Crippen molar-refractivity contribution in [1.82, 2.24) is 15.3 Å². The maximum absolute atomic E-state index is 12.5. The topological polar surface area (TPSA) is 124 Å². The highest BCUT2D eigenvalue weighted by Gasteiger charge is 2.16. The van der Waals surface area contributed by atoms with Crippen molar-refractivity contribution in [2.24, 2.45) is 0 Å². The van der Waals surface area contributed by atoms with E-state index in [0.717, 1.165) is 0 Å². The summed E-state index contributed by atoms with van der Waals surface area (Å²) in [4.78, 5) is 28.3. The molecular weight excluding hydrogens is 356 g/mol. The number of benzene rings is 2. The van der Waals surface area contributed by atoms with Gasteiger partial charge in [0.2, 0.25) is 0 Å². The predicted octanol–water partition coefficient (Wildman–Crippen LogP) is 1.80. The van der Waals surface area contributed by atoms with Gasteiger partial charge in [-0.05, 0) is 56.3 Å². The molecule has 0 saturated heterocycles. The highest BCUT2D eigenvalue weighted by molar-refractivity contribution is 7.92. The zero-order valence-corrected chi connectivity index (χ0v) is 15.0. The second-order valence-corrected chi connectivity index (χ2v) is 7.78. The fourth-order valence-corrected chi connectivity index (χ4v) is 3.51. The van der Waals surface area contributed by atoms with E-state index in [-0.39, 0.29) is 16.8 Å². The number of hydrogen-bond acceptors (Lipinski definition) is 4. The Labute approximate surface area is 149 Å². The summed E-state index contributed by atoms with van der Waals surface area (Å²) < 4.78 is 27.5. The highest BCUT2D eigenvalue weighted by atomic mass is 32.2. The molecule has 0 unspecified atom stereocenters. The van der Waals surface area contributed by atoms with Crippen molar-refractivity contribution in [2.45, 2.75) is 24.8 Å². The molecule has 0 atom stereocenters. The Bertz CT molecular complexity index is 1110. The molecular formula is C17H18N4O4S. The molecule has 1 amide bonds. The number of imidazole rings is 1. The molecule has 0 radical (unpaired) electrons. The van der Waals surface area contributed by atoms with Gasteiger partial charge in [-0.1, -0.05) is 0 Å². The normalized spacial score (nSPS) is 11.7. The summed E-state index contributed by atoms with van der Waals surface area (Å²) in [6, 6.07) is 10.4. The average molecular weight is 374 g/mol. The average Bonchev–Trinajstić information content (AvgIpc) is 2.93. The minimum Gasteiger partial charge on any atom is -0.350 e. The molecule has 9 heteroatoms. The SMILES string of the molecule is CC(C)NC(=O)c1ccc(NS(=O)(=O)c2ccc3[nH]c(=O)[nH]c3c2)cc1. The number of carbonyl (C=O) groups excluding carboxylic acids is 1. The van der Waals surface area contributed by atoms with Gasteiger partial charge in [-0.25, -0.2) is 13.2 Å². The van der Waals surface area contributed by atoms with Crippen LogP contribution in [0.2, 0.25) is 0 Å². The summed E-state index contributed by atoms with van der Waals surface area (Å²) in [5.41, 5.74) is 1.28. The second kappa shape index (κ2) is 6.68. The van der Waals surface area contributed by atoms with Crippen LogP contribution in [-0.2, 0) is 10.0 Å². The first kappa shape index (κ1) is 17.7. The number of sulfonamides is 1. The molecule has 136 valence electrons. The number of H-pyrrole nitrogens is 2. The lowest BCUT2D eigenvalue weighted by molar-refractivity contribution is 0.0943. The molecule has 0 aliphatic rings. The van der Waals surface area contributed by atoms with Crippen LogP contribution < -0.4 is 15.7 Å². The van der Waals surface area contributed by atoms with E-state index < -0.39 is 15.7 Å². The second-order valence-electron chi connectivity index (χ2n) is 6.10. The van der Waals surface area contributed by atoms with Gasteiger partial charge in [0.05, 0.1) is 15.9 Å². The first-order valence-electron chi connectivity index (χ1n) is 7.90. The summed E-state index contributed by atoms with van der Waals surface area (Å²) in [5.74, 6) is -0.226. The van der Waals surface area contributed by atoms with Crippen molar-refractivity contribution in [3.05, 3.63) is 58.5 Å². The lowest BCUT2D eigenvalue weighted by atomic mass is 10.2. The van der Waals surface area contributed by atoms with Crippen LogP contribution in [0.4, 0.5) is 5.69 Å². The number of carbonyl (C=O) groups is 1. The van der Waals surface area contributed by atoms with Crippen LogP contribution >= 0.6 is 0 Å². The summed E-state index contributed by atoms with van der Waals surface area (Å²) in [7, 11) is -3.83. The van der Waals surface area contributed by atoms with Crippen LogP contribution in [0.5, 0.6) is 0 Å². The molecule has 0 aliphatic heterocycles. The fourth-order valence-electron chi connectivity index (χ4n) is 2.43. The minimum atomic E-state index is -3.83. The van der Waals surface area contributed by atoms with Gasteiger partial charge in [0.15, 0.2) is 0 Å². The molecule has 1 aromatic heterocycles. The van der Waals surface area contributed by atoms with Crippen LogP contribution in [-0.4, -0.2) is 30.3 Å². The van der Waals surface area contributed by atoms with Crippen LogP contribution in [0.25, 0.3) is 11.0 Å². The largest absolute Gasteiger partial charge is 0.350 e. The molecule has 2 aromatic carbocycles. The Morgan fingerprint density at radius 3 is 2.31 bits per heavy atom. The zero-order valence-electron chi connectivity index (χ0n) is 14.2. The molecule has 0 spiro atoms. The van der Waals surface area contributed by atoms with Crippen molar-refractivity contribution >= 4 is 32.7 Å². The smallest absolute Gasteiger partial charge is 0.323 e. The quantitative estimate of drug-likeness (QED) is 0.543. The number of anilines is 1. The van der Waals surface area contributed by atoms with Crippen molar-refractivity contribution in [1.29, 1.82) is 0 Å². The van der Waals surface area contributed by atoms with Crippen molar-refractivity contribution in [3.8, 4) is 0 Å². The van der Waals surface area contributed by atoms with Gasteiger partial charge in [-0.15, -0.1) is 0 Å². The zero-order chi connectivity index (χ0) is 18.9. The molecule has 3 aromatic rings. The monoisotopic (exact) mass is 374 g/mol. The van der Waals surface area contributed by atoms with Gasteiger partial charge >= 0.3 is 5.69 Å². The number of hydrogen-bond donors (Lipinski definition) is 4. The molecule has 0 aliphatic carbocycles. The number of aromatic amines is 2. The molecule has 0 bridgehead atoms. The molecule has 26 heavy (non-hydrogen) atoms. The lowest BCUT2D eigenvalue weighted by Crippen LogP contribution is -2.30. The Morgan fingerprint density at radius 1 is 1.00 bits per heavy atom. The number of fused-ring (bicyclic) bond motifs is 1. The summed E-state index contributed by atoms with van der Waals surface area (Å²) in [6.45, 7) is 3.71. The van der Waals surface area contributed by atoms with E-state index in [9.17, 15) is 18.0 Å². The van der Waals surface area contributed by atoms with E-state index in [1.54, 1.807) is 12.1 Å². The third-order valence-electron chi connectivity index (χ3n) is 3.62. The minimum absolute atomic E-state index is 0.00969. The van der Waals surface area contributed by atoms with Gasteiger partial charge in [-0.2, -0.15) is 0 Å². The van der Waals surface area contributed by atoms with E-state index in [1.807, 2.05) is 13.8 Å². The van der Waals surface area contributed by atoms with Crippen molar-refractivity contribution in [3.63, 3.8) is 0 Å². The summed E-state index contributed by atoms with van der Waals surface area (Å²) >= 11 is 0. The molecule has 8 nitrogen and oxygen atoms in total. The van der Waals surface area contributed by atoms with Crippen LogP contribution in [0.3, 0.4) is 0 Å². The van der Waals surface area contributed by atoms with Gasteiger partial charge in [0, 0.05) is 17.3 Å². The van der Waals surface area contributed by atoms with Crippen LogP contribution in [0, 0.1) is 0 Å². The highest BCUT2D eigenvalue weighted by Crippen LogP contribution is 2.19. The fraction of sp³-hybridized carbons (Fsp3) is 0.176. The molecule has 1 heterocycles. The first-order valence-corrected chi connectivity index (χ1v) is 9.39. The Balaban J connectivity index is 1.82. The van der Waals surface area contributed by atoms with Crippen LogP contribution in [0.15, 0.2) is 52.2 Å². The molecule has 4 N–H and O–H groups in total. The van der Waals surface area contributed by atoms with E-state index in [2.05, 4.69) is 20.0 Å². The number of nitrogens with one attached hydrogen (secondary N) is 4. The standard InChI is InChI=1S/C17H18N4O4S/c1-10(2)18-16(22)11-3-5-12(6-4-11)21-26(24,25)13-7-8-14-15(9-13)20-17(23)19-14/h3-10,21H,1-2H3,(H,18,22)(H2,19,20,23). The molecule has 0 saturated carbocycles. The summed E-state index contributed by atoms with van der Waals surface area (Å²) in [5, 5.41) is 2.76. The Kier molecular flexibility index (Phi) is 4.56. The Morgan fingerprint density at radius 2 is 1.65 bits per heavy atom. The van der Waals surface area contributed by atoms with Gasteiger partial charge < -0.3 is 15.3 Å². The molecule has 3 rings (SSSR count). The third-order valence-corrected chi connectivity index (χ3v) is 5.00. The van der Waals surface area contributed by atoms with Gasteiger partial charge in [-0.3, -0.25) is 9.52 Å². The molecule has 0 fully saturated rings. The van der Waals surface area contributed by atoms with E-state index in [1.165, 1.54) is 30.3 Å². The predicted molar refractivity (Wildman–Crippen MR) is 98.8 cm³/mol. The van der Waals surface area contributed by atoms with E-state index in [4.69, 9.17) is 0 Å². The van der Waals surface area contributed by atoms with Crippen LogP contribution in [0.1, 0.15) is 24.2 Å². The van der Waals surface area contributed by atoms with Gasteiger partial charge in [0.25, 0.3) is 15.9 Å². The Hall–Kier alpha value is -3.07. The number of amides is 1. The maximum Gasteiger partial charge on any atom is 0.323 e. The number of rotatable bonds is 5.